The maximum Gasteiger partial charge on any atom is 0.264 e. The molecule has 0 unspecified atom stereocenters. The molecule has 0 fully saturated rings. The van der Waals surface area contributed by atoms with Crippen molar-refractivity contribution >= 4 is 42.4 Å². The van der Waals surface area contributed by atoms with Crippen molar-refractivity contribution in [3.63, 3.8) is 0 Å². The minimum absolute atomic E-state index is 0.0204. The number of H-pyrrole nitrogens is 1. The number of aromatic amines is 1. The number of aromatic nitrogens is 2. The average molecular weight is 269 g/mol. The summed E-state index contributed by atoms with van der Waals surface area (Å²) in [6.45, 7) is 0. The summed E-state index contributed by atoms with van der Waals surface area (Å²) in [6, 6.07) is 2.39. The molecular formula is C7H3Cl2FN2O2S. The minimum Gasteiger partial charge on any atom is -0.328 e. The van der Waals surface area contributed by atoms with Crippen molar-refractivity contribution in [1.82, 2.24) is 9.97 Å². The Bertz CT molecular complexity index is 638. The van der Waals surface area contributed by atoms with Gasteiger partial charge in [0.15, 0.2) is 5.82 Å². The van der Waals surface area contributed by atoms with E-state index in [0.29, 0.717) is 5.52 Å². The van der Waals surface area contributed by atoms with Crippen LogP contribution in [-0.4, -0.2) is 18.4 Å². The Hall–Kier alpha value is -0.850. The highest BCUT2D eigenvalue weighted by Crippen LogP contribution is 2.25. The molecule has 0 aliphatic rings. The van der Waals surface area contributed by atoms with Crippen LogP contribution >= 0.6 is 22.3 Å². The molecule has 1 aromatic carbocycles. The normalized spacial score (nSPS) is 12.2. The SMILES string of the molecule is O=S(=O)(Cl)c1ccc2[nH]c(Cl)nc2c1F. The van der Waals surface area contributed by atoms with Gasteiger partial charge in [-0.1, -0.05) is 0 Å². The van der Waals surface area contributed by atoms with Crippen LogP contribution in [0.1, 0.15) is 0 Å². The summed E-state index contributed by atoms with van der Waals surface area (Å²) in [6.07, 6.45) is 0. The van der Waals surface area contributed by atoms with Crippen molar-refractivity contribution in [2.45, 2.75) is 4.90 Å². The molecule has 2 aromatic rings. The van der Waals surface area contributed by atoms with Crippen molar-refractivity contribution in [1.29, 1.82) is 0 Å². The lowest BCUT2D eigenvalue weighted by Crippen LogP contribution is -1.95. The molecule has 0 radical (unpaired) electrons. The Morgan fingerprint density at radius 1 is 1.40 bits per heavy atom. The Balaban J connectivity index is 2.87. The van der Waals surface area contributed by atoms with E-state index in [0.717, 1.165) is 6.07 Å². The van der Waals surface area contributed by atoms with Gasteiger partial charge in [0, 0.05) is 10.7 Å². The molecule has 0 saturated heterocycles. The third-order valence-electron chi connectivity index (χ3n) is 1.79. The van der Waals surface area contributed by atoms with Crippen LogP contribution in [0.2, 0.25) is 5.28 Å². The van der Waals surface area contributed by atoms with Gasteiger partial charge in [0.25, 0.3) is 9.05 Å². The zero-order chi connectivity index (χ0) is 11.2. The van der Waals surface area contributed by atoms with Crippen molar-refractivity contribution in [2.24, 2.45) is 0 Å². The van der Waals surface area contributed by atoms with Crippen molar-refractivity contribution in [3.05, 3.63) is 23.2 Å². The van der Waals surface area contributed by atoms with Gasteiger partial charge in [0.1, 0.15) is 10.4 Å². The predicted octanol–water partition coefficient (Wildman–Crippen LogP) is 2.28. The third kappa shape index (κ3) is 1.80. The molecule has 15 heavy (non-hydrogen) atoms. The van der Waals surface area contributed by atoms with Crippen LogP contribution in [-0.2, 0) is 9.05 Å². The number of rotatable bonds is 1. The molecule has 4 nitrogen and oxygen atoms in total. The maximum absolute atomic E-state index is 13.6. The van der Waals surface area contributed by atoms with E-state index in [-0.39, 0.29) is 10.8 Å². The van der Waals surface area contributed by atoms with Crippen molar-refractivity contribution < 1.29 is 12.8 Å². The molecule has 0 amide bonds. The van der Waals surface area contributed by atoms with Gasteiger partial charge in [-0.05, 0) is 23.7 Å². The molecule has 2 rings (SSSR count). The Kier molecular flexibility index (Phi) is 2.37. The molecule has 0 bridgehead atoms. The zero-order valence-corrected chi connectivity index (χ0v) is 9.29. The molecule has 8 heteroatoms. The summed E-state index contributed by atoms with van der Waals surface area (Å²) in [5, 5.41) is -0.0204. The van der Waals surface area contributed by atoms with E-state index in [1.165, 1.54) is 6.07 Å². The monoisotopic (exact) mass is 268 g/mol. The Morgan fingerprint density at radius 3 is 2.67 bits per heavy atom. The van der Waals surface area contributed by atoms with Gasteiger partial charge in [0.05, 0.1) is 5.52 Å². The Morgan fingerprint density at radius 2 is 2.07 bits per heavy atom. The van der Waals surface area contributed by atoms with E-state index in [4.69, 9.17) is 22.3 Å². The quantitative estimate of drug-likeness (QED) is 0.808. The van der Waals surface area contributed by atoms with Gasteiger partial charge in [0.2, 0.25) is 5.28 Å². The van der Waals surface area contributed by atoms with Crippen LogP contribution in [0.4, 0.5) is 4.39 Å². The first-order valence-corrected chi connectivity index (χ1v) is 6.36. The van der Waals surface area contributed by atoms with E-state index in [9.17, 15) is 12.8 Å². The topological polar surface area (TPSA) is 62.8 Å². The van der Waals surface area contributed by atoms with Crippen molar-refractivity contribution in [2.75, 3.05) is 0 Å². The first-order chi connectivity index (χ1) is 6.89. The van der Waals surface area contributed by atoms with Gasteiger partial charge in [-0.2, -0.15) is 0 Å². The van der Waals surface area contributed by atoms with Crippen LogP contribution in [0.5, 0.6) is 0 Å². The first-order valence-electron chi connectivity index (χ1n) is 3.68. The first kappa shape index (κ1) is 10.7. The second-order valence-electron chi connectivity index (χ2n) is 2.74. The summed E-state index contributed by atoms with van der Waals surface area (Å²) < 4.78 is 35.5. The fourth-order valence-corrected chi connectivity index (χ4v) is 2.27. The summed E-state index contributed by atoms with van der Waals surface area (Å²) in [5.41, 5.74) is 0.156. The van der Waals surface area contributed by atoms with Crippen LogP contribution in [0.3, 0.4) is 0 Å². The average Bonchev–Trinajstić information content (AvgIpc) is 2.44. The number of hydrogen-bond acceptors (Lipinski definition) is 3. The molecule has 0 saturated carbocycles. The highest BCUT2D eigenvalue weighted by atomic mass is 35.7. The van der Waals surface area contributed by atoms with Gasteiger partial charge < -0.3 is 4.98 Å². The lowest BCUT2D eigenvalue weighted by Gasteiger charge is -1.97. The number of fused-ring (bicyclic) bond motifs is 1. The largest absolute Gasteiger partial charge is 0.328 e. The van der Waals surface area contributed by atoms with Gasteiger partial charge in [-0.25, -0.2) is 17.8 Å². The number of imidazole rings is 1. The molecule has 0 aliphatic heterocycles. The summed E-state index contributed by atoms with van der Waals surface area (Å²) in [7, 11) is 0.917. The van der Waals surface area contributed by atoms with Crippen LogP contribution in [0.25, 0.3) is 11.0 Å². The molecule has 0 aliphatic carbocycles. The summed E-state index contributed by atoms with van der Waals surface area (Å²) in [5.74, 6) is -1.01. The fourth-order valence-electron chi connectivity index (χ4n) is 1.18. The second kappa shape index (κ2) is 3.33. The molecule has 0 spiro atoms. The summed E-state index contributed by atoms with van der Waals surface area (Å²) in [4.78, 5) is 5.54. The van der Waals surface area contributed by atoms with E-state index in [1.54, 1.807) is 0 Å². The number of hydrogen-bond donors (Lipinski definition) is 1. The second-order valence-corrected chi connectivity index (χ2v) is 5.63. The van der Waals surface area contributed by atoms with E-state index < -0.39 is 19.8 Å². The van der Waals surface area contributed by atoms with Crippen LogP contribution in [0, 0.1) is 5.82 Å². The van der Waals surface area contributed by atoms with Crippen molar-refractivity contribution in [3.8, 4) is 0 Å². The molecule has 1 aromatic heterocycles. The Labute approximate surface area is 93.4 Å². The van der Waals surface area contributed by atoms with Gasteiger partial charge >= 0.3 is 0 Å². The number of benzene rings is 1. The standard InChI is InChI=1S/C7H3Cl2FN2O2S/c8-7-11-3-1-2-4(15(9,13)14)5(10)6(3)12-7/h1-2H,(H,11,12). The van der Waals surface area contributed by atoms with Crippen LogP contribution < -0.4 is 0 Å². The highest BCUT2D eigenvalue weighted by molar-refractivity contribution is 8.13. The highest BCUT2D eigenvalue weighted by Gasteiger charge is 2.20. The summed E-state index contributed by atoms with van der Waals surface area (Å²) >= 11 is 5.51. The number of nitrogens with one attached hydrogen (secondary N) is 1. The minimum atomic E-state index is -4.12. The lowest BCUT2D eigenvalue weighted by atomic mass is 10.3. The van der Waals surface area contributed by atoms with E-state index in [2.05, 4.69) is 9.97 Å². The molecule has 1 heterocycles. The maximum atomic E-state index is 13.6. The molecule has 1 N–H and O–H groups in total. The van der Waals surface area contributed by atoms with Gasteiger partial charge in [-0.3, -0.25) is 0 Å². The number of halogens is 3. The molecular weight excluding hydrogens is 266 g/mol. The lowest BCUT2D eigenvalue weighted by molar-refractivity contribution is 0.581. The van der Waals surface area contributed by atoms with Crippen LogP contribution in [0.15, 0.2) is 17.0 Å². The fraction of sp³-hybridized carbons (Fsp3) is 0. The third-order valence-corrected chi connectivity index (χ3v) is 3.31. The van der Waals surface area contributed by atoms with E-state index >= 15 is 0 Å². The zero-order valence-electron chi connectivity index (χ0n) is 6.96. The van der Waals surface area contributed by atoms with E-state index in [1.807, 2.05) is 0 Å². The smallest absolute Gasteiger partial charge is 0.264 e. The number of nitrogens with zero attached hydrogens (tertiary/aromatic N) is 1. The predicted molar refractivity (Wildman–Crippen MR) is 54.1 cm³/mol. The molecule has 0 atom stereocenters. The van der Waals surface area contributed by atoms with Gasteiger partial charge in [-0.15, -0.1) is 0 Å². The molecule has 80 valence electrons.